The van der Waals surface area contributed by atoms with Gasteiger partial charge in [-0.3, -0.25) is 4.79 Å². The van der Waals surface area contributed by atoms with Gasteiger partial charge in [-0.25, -0.2) is 4.98 Å². The quantitative estimate of drug-likeness (QED) is 0.807. The van der Waals surface area contributed by atoms with Crippen molar-refractivity contribution in [3.8, 4) is 0 Å². The zero-order valence-electron chi connectivity index (χ0n) is 10.8. The van der Waals surface area contributed by atoms with Crippen LogP contribution < -0.4 is 0 Å². The molecule has 0 unspecified atom stereocenters. The highest BCUT2D eigenvalue weighted by Crippen LogP contribution is 2.12. The van der Waals surface area contributed by atoms with Crippen molar-refractivity contribution >= 4 is 5.91 Å². The molecule has 1 rings (SSSR count). The molecule has 1 N–H and O–H groups in total. The zero-order valence-corrected chi connectivity index (χ0v) is 10.8. The van der Waals surface area contributed by atoms with E-state index in [0.717, 1.165) is 12.8 Å². The van der Waals surface area contributed by atoms with Crippen LogP contribution in [0, 0.1) is 0 Å². The second-order valence-corrected chi connectivity index (χ2v) is 4.12. The molecule has 96 valence electrons. The van der Waals surface area contributed by atoms with E-state index in [9.17, 15) is 4.79 Å². The number of nitrogens with zero attached hydrogens (tertiary/aromatic N) is 3. The average molecular weight is 239 g/mol. The minimum atomic E-state index is -0.103. The van der Waals surface area contributed by atoms with Crippen molar-refractivity contribution in [2.24, 2.45) is 7.05 Å². The first-order chi connectivity index (χ1) is 8.13. The molecule has 0 aliphatic carbocycles. The van der Waals surface area contributed by atoms with Crippen molar-refractivity contribution in [3.63, 3.8) is 0 Å². The van der Waals surface area contributed by atoms with Crippen LogP contribution in [0.4, 0.5) is 0 Å². The van der Waals surface area contributed by atoms with Gasteiger partial charge >= 0.3 is 0 Å². The highest BCUT2D eigenvalue weighted by Gasteiger charge is 2.23. The number of aliphatic hydroxyl groups is 1. The molecular formula is C12H21N3O2. The van der Waals surface area contributed by atoms with Gasteiger partial charge in [0.15, 0.2) is 0 Å². The van der Waals surface area contributed by atoms with Gasteiger partial charge in [-0.15, -0.1) is 0 Å². The predicted octanol–water partition coefficient (Wildman–Crippen LogP) is 1.04. The minimum Gasteiger partial charge on any atom is -0.395 e. The highest BCUT2D eigenvalue weighted by molar-refractivity contribution is 5.92. The molecule has 0 aliphatic heterocycles. The fourth-order valence-electron chi connectivity index (χ4n) is 1.96. The summed E-state index contributed by atoms with van der Waals surface area (Å²) in [7, 11) is 1.83. The van der Waals surface area contributed by atoms with E-state index in [0.29, 0.717) is 12.2 Å². The zero-order chi connectivity index (χ0) is 12.8. The fraction of sp³-hybridized carbons (Fsp3) is 0.667. The van der Waals surface area contributed by atoms with Crippen LogP contribution in [0.5, 0.6) is 0 Å². The maximum absolute atomic E-state index is 12.2. The van der Waals surface area contributed by atoms with Gasteiger partial charge in [0.2, 0.25) is 0 Å². The predicted molar refractivity (Wildman–Crippen MR) is 65.7 cm³/mol. The number of carbonyl (C=O) groups is 1. The summed E-state index contributed by atoms with van der Waals surface area (Å²) in [4.78, 5) is 18.0. The Bertz CT molecular complexity index is 358. The lowest BCUT2D eigenvalue weighted by molar-refractivity contribution is 0.0617. The van der Waals surface area contributed by atoms with E-state index in [1.54, 1.807) is 22.0 Å². The van der Waals surface area contributed by atoms with Crippen LogP contribution in [-0.2, 0) is 7.05 Å². The topological polar surface area (TPSA) is 58.4 Å². The van der Waals surface area contributed by atoms with Gasteiger partial charge < -0.3 is 14.6 Å². The summed E-state index contributed by atoms with van der Waals surface area (Å²) in [5, 5.41) is 9.06. The fourth-order valence-corrected chi connectivity index (χ4v) is 1.96. The average Bonchev–Trinajstić information content (AvgIpc) is 2.75. The molecule has 1 amide bonds. The van der Waals surface area contributed by atoms with Gasteiger partial charge in [-0.2, -0.15) is 0 Å². The smallest absolute Gasteiger partial charge is 0.274 e. The molecule has 0 bridgehead atoms. The molecule has 1 aromatic rings. The van der Waals surface area contributed by atoms with E-state index in [1.807, 2.05) is 20.9 Å². The third kappa shape index (κ3) is 3.30. The summed E-state index contributed by atoms with van der Waals surface area (Å²) in [6.07, 6.45) is 5.08. The van der Waals surface area contributed by atoms with Gasteiger partial charge in [0.25, 0.3) is 5.91 Å². The van der Waals surface area contributed by atoms with Crippen LogP contribution in [0.2, 0.25) is 0 Å². The largest absolute Gasteiger partial charge is 0.395 e. The van der Waals surface area contributed by atoms with Crippen LogP contribution in [0.25, 0.3) is 0 Å². The molecule has 0 fully saturated rings. The van der Waals surface area contributed by atoms with E-state index >= 15 is 0 Å². The molecule has 5 heteroatoms. The number of carbonyl (C=O) groups excluding carboxylic acids is 1. The van der Waals surface area contributed by atoms with Gasteiger partial charge in [-0.1, -0.05) is 13.8 Å². The molecule has 0 aliphatic rings. The molecular weight excluding hydrogens is 218 g/mol. The van der Waals surface area contributed by atoms with Gasteiger partial charge in [0.1, 0.15) is 5.69 Å². The molecule has 0 atom stereocenters. The van der Waals surface area contributed by atoms with Crippen molar-refractivity contribution in [1.82, 2.24) is 14.5 Å². The summed E-state index contributed by atoms with van der Waals surface area (Å²) in [6, 6.07) is 0.164. The van der Waals surface area contributed by atoms with Crippen molar-refractivity contribution in [1.29, 1.82) is 0 Å². The maximum atomic E-state index is 12.2. The van der Waals surface area contributed by atoms with Gasteiger partial charge in [-0.05, 0) is 12.8 Å². The van der Waals surface area contributed by atoms with E-state index in [1.165, 1.54) is 0 Å². The first-order valence-corrected chi connectivity index (χ1v) is 6.03. The second kappa shape index (κ2) is 6.39. The lowest BCUT2D eigenvalue weighted by Gasteiger charge is -2.29. The third-order valence-electron chi connectivity index (χ3n) is 2.91. The van der Waals surface area contributed by atoms with E-state index in [-0.39, 0.29) is 18.6 Å². The molecule has 0 spiro atoms. The van der Waals surface area contributed by atoms with E-state index < -0.39 is 0 Å². The first kappa shape index (κ1) is 13.7. The number of hydrogen-bond acceptors (Lipinski definition) is 3. The van der Waals surface area contributed by atoms with Gasteiger partial charge in [0, 0.05) is 25.8 Å². The monoisotopic (exact) mass is 239 g/mol. The summed E-state index contributed by atoms with van der Waals surface area (Å²) < 4.78 is 1.75. The standard InChI is InChI=1S/C12H21N3O2/c1-4-10(5-2)15(6-7-16)12(17)11-8-14(3)9-13-11/h8-10,16H,4-7H2,1-3H3. The molecule has 0 aromatic carbocycles. The van der Waals surface area contributed by atoms with Crippen molar-refractivity contribution in [3.05, 3.63) is 18.2 Å². The Hall–Kier alpha value is -1.36. The number of rotatable bonds is 6. The van der Waals surface area contributed by atoms with Crippen LogP contribution in [0.15, 0.2) is 12.5 Å². The Morgan fingerprint density at radius 2 is 2.18 bits per heavy atom. The summed E-state index contributed by atoms with van der Waals surface area (Å²) >= 11 is 0. The molecule has 17 heavy (non-hydrogen) atoms. The molecule has 0 radical (unpaired) electrons. The Morgan fingerprint density at radius 1 is 1.53 bits per heavy atom. The van der Waals surface area contributed by atoms with E-state index in [4.69, 9.17) is 5.11 Å². The number of aryl methyl sites for hydroxylation is 1. The lowest BCUT2D eigenvalue weighted by Crippen LogP contribution is -2.41. The highest BCUT2D eigenvalue weighted by atomic mass is 16.3. The number of imidazole rings is 1. The Morgan fingerprint density at radius 3 is 2.59 bits per heavy atom. The number of aliphatic hydroxyl groups excluding tert-OH is 1. The van der Waals surface area contributed by atoms with Crippen LogP contribution in [-0.4, -0.2) is 44.7 Å². The van der Waals surface area contributed by atoms with Crippen molar-refractivity contribution < 1.29 is 9.90 Å². The van der Waals surface area contributed by atoms with Crippen molar-refractivity contribution in [2.75, 3.05) is 13.2 Å². The normalized spacial score (nSPS) is 10.9. The SMILES string of the molecule is CCC(CC)N(CCO)C(=O)c1cn(C)cn1. The van der Waals surface area contributed by atoms with E-state index in [2.05, 4.69) is 4.98 Å². The Labute approximate surface area is 102 Å². The first-order valence-electron chi connectivity index (χ1n) is 6.03. The molecule has 0 saturated heterocycles. The van der Waals surface area contributed by atoms with Crippen LogP contribution in [0.1, 0.15) is 37.2 Å². The molecule has 1 heterocycles. The number of hydrogen-bond donors (Lipinski definition) is 1. The summed E-state index contributed by atoms with van der Waals surface area (Å²) in [5.41, 5.74) is 0.438. The Kier molecular flexibility index (Phi) is 5.15. The maximum Gasteiger partial charge on any atom is 0.274 e. The van der Waals surface area contributed by atoms with Crippen molar-refractivity contribution in [2.45, 2.75) is 32.7 Å². The number of aromatic nitrogens is 2. The second-order valence-electron chi connectivity index (χ2n) is 4.12. The molecule has 5 nitrogen and oxygen atoms in total. The summed E-state index contributed by atoms with van der Waals surface area (Å²) in [6.45, 7) is 4.44. The minimum absolute atomic E-state index is 0.0188. The molecule has 0 saturated carbocycles. The summed E-state index contributed by atoms with van der Waals surface area (Å²) in [5.74, 6) is -0.103. The molecule has 1 aromatic heterocycles. The van der Waals surface area contributed by atoms with Crippen LogP contribution >= 0.6 is 0 Å². The number of amides is 1. The van der Waals surface area contributed by atoms with Gasteiger partial charge in [0.05, 0.1) is 12.9 Å². The Balaban J connectivity index is 2.86. The lowest BCUT2D eigenvalue weighted by atomic mass is 10.1. The third-order valence-corrected chi connectivity index (χ3v) is 2.91. The van der Waals surface area contributed by atoms with Crippen LogP contribution in [0.3, 0.4) is 0 Å².